The van der Waals surface area contributed by atoms with Crippen LogP contribution in [0.3, 0.4) is 0 Å². The maximum atomic E-state index is 11.7. The van der Waals surface area contributed by atoms with Crippen LogP contribution in [0.15, 0.2) is 24.3 Å². The number of benzene rings is 1. The monoisotopic (exact) mass is 206 g/mol. The zero-order chi connectivity index (χ0) is 10.9. The first-order valence-corrected chi connectivity index (χ1v) is 4.88. The molecule has 0 aliphatic heterocycles. The van der Waals surface area contributed by atoms with E-state index in [1.807, 2.05) is 24.3 Å². The topological polar surface area (TPSA) is 64.3 Å². The molecule has 1 aromatic rings. The Kier molecular flexibility index (Phi) is 2.36. The predicted molar refractivity (Wildman–Crippen MR) is 56.9 cm³/mol. The van der Waals surface area contributed by atoms with Gasteiger partial charge in [-0.05, 0) is 30.5 Å². The second-order valence-corrected chi connectivity index (χ2v) is 3.84. The van der Waals surface area contributed by atoms with E-state index in [1.165, 1.54) is 7.11 Å². The Balaban J connectivity index is 2.22. The summed E-state index contributed by atoms with van der Waals surface area (Å²) in [6.45, 7) is 0. The lowest BCUT2D eigenvalue weighted by molar-refractivity contribution is -0.134. The molecule has 0 bridgehead atoms. The lowest BCUT2D eigenvalue weighted by atomic mass is 9.95. The lowest BCUT2D eigenvalue weighted by Crippen LogP contribution is -2.33. The Morgan fingerprint density at radius 3 is 2.47 bits per heavy atom. The van der Waals surface area contributed by atoms with Crippen molar-refractivity contribution in [1.82, 2.24) is 5.48 Å². The Morgan fingerprint density at radius 2 is 2.00 bits per heavy atom. The molecule has 0 radical (unpaired) electrons. The Morgan fingerprint density at radius 1 is 1.40 bits per heavy atom. The van der Waals surface area contributed by atoms with Crippen LogP contribution >= 0.6 is 0 Å². The van der Waals surface area contributed by atoms with Gasteiger partial charge in [0, 0.05) is 5.69 Å². The van der Waals surface area contributed by atoms with E-state index in [0.717, 1.165) is 18.4 Å². The Hall–Kier alpha value is -1.55. The quantitative estimate of drug-likeness (QED) is 0.572. The number of rotatable bonds is 3. The van der Waals surface area contributed by atoms with Crippen LogP contribution in [-0.2, 0) is 15.0 Å². The first-order chi connectivity index (χ1) is 7.19. The highest BCUT2D eigenvalue weighted by molar-refractivity contribution is 5.90. The third kappa shape index (κ3) is 1.68. The normalized spacial score (nSPS) is 17.1. The van der Waals surface area contributed by atoms with Gasteiger partial charge in [0.2, 0.25) is 0 Å². The average Bonchev–Trinajstić information content (AvgIpc) is 3.00. The van der Waals surface area contributed by atoms with E-state index >= 15 is 0 Å². The fraction of sp³-hybridized carbons (Fsp3) is 0.364. The smallest absolute Gasteiger partial charge is 0.254 e. The molecule has 2 rings (SSSR count). The van der Waals surface area contributed by atoms with Gasteiger partial charge in [-0.15, -0.1) is 0 Å². The number of hydroxylamine groups is 1. The van der Waals surface area contributed by atoms with Gasteiger partial charge in [0.1, 0.15) is 0 Å². The minimum atomic E-state index is -0.385. The summed E-state index contributed by atoms with van der Waals surface area (Å²) in [5.41, 5.74) is 9.32. The van der Waals surface area contributed by atoms with Crippen molar-refractivity contribution in [2.24, 2.45) is 0 Å². The molecule has 1 fully saturated rings. The van der Waals surface area contributed by atoms with E-state index in [1.54, 1.807) is 0 Å². The zero-order valence-electron chi connectivity index (χ0n) is 8.62. The number of carbonyl (C=O) groups excluding carboxylic acids is 1. The van der Waals surface area contributed by atoms with Crippen molar-refractivity contribution >= 4 is 11.6 Å². The highest BCUT2D eigenvalue weighted by atomic mass is 16.6. The van der Waals surface area contributed by atoms with Crippen molar-refractivity contribution in [3.63, 3.8) is 0 Å². The van der Waals surface area contributed by atoms with Crippen molar-refractivity contribution in [3.8, 4) is 0 Å². The molecule has 1 saturated carbocycles. The van der Waals surface area contributed by atoms with Crippen molar-refractivity contribution in [3.05, 3.63) is 29.8 Å². The highest BCUT2D eigenvalue weighted by Crippen LogP contribution is 2.48. The summed E-state index contributed by atoms with van der Waals surface area (Å²) >= 11 is 0. The molecule has 0 unspecified atom stereocenters. The van der Waals surface area contributed by atoms with Crippen molar-refractivity contribution < 1.29 is 9.63 Å². The third-order valence-electron chi connectivity index (χ3n) is 2.84. The molecule has 3 N–H and O–H groups in total. The van der Waals surface area contributed by atoms with Gasteiger partial charge in [-0.2, -0.15) is 0 Å². The van der Waals surface area contributed by atoms with Gasteiger partial charge in [-0.3, -0.25) is 9.63 Å². The summed E-state index contributed by atoms with van der Waals surface area (Å²) in [7, 11) is 1.44. The van der Waals surface area contributed by atoms with Crippen molar-refractivity contribution in [1.29, 1.82) is 0 Å². The SMILES string of the molecule is CONC(=O)C1(c2ccc(N)cc2)CC1. The van der Waals surface area contributed by atoms with E-state index in [9.17, 15) is 4.79 Å². The Labute approximate surface area is 88.4 Å². The van der Waals surface area contributed by atoms with Gasteiger partial charge in [-0.1, -0.05) is 12.1 Å². The molecular weight excluding hydrogens is 192 g/mol. The fourth-order valence-electron chi connectivity index (χ4n) is 1.76. The summed E-state index contributed by atoms with van der Waals surface area (Å²) in [5.74, 6) is -0.0743. The van der Waals surface area contributed by atoms with Crippen LogP contribution in [0, 0.1) is 0 Å². The predicted octanol–water partition coefficient (Wildman–Crippen LogP) is 0.978. The standard InChI is InChI=1S/C11H14N2O2/c1-15-13-10(14)11(6-7-11)8-2-4-9(12)5-3-8/h2-5H,6-7,12H2,1H3,(H,13,14). The number of nitrogen functional groups attached to an aromatic ring is 1. The van der Waals surface area contributed by atoms with Gasteiger partial charge in [-0.25, -0.2) is 5.48 Å². The van der Waals surface area contributed by atoms with Crippen LogP contribution in [0.1, 0.15) is 18.4 Å². The van der Waals surface area contributed by atoms with Crippen LogP contribution in [0.2, 0.25) is 0 Å². The summed E-state index contributed by atoms with van der Waals surface area (Å²) in [4.78, 5) is 16.4. The molecule has 0 heterocycles. The van der Waals surface area contributed by atoms with E-state index < -0.39 is 0 Å². The van der Waals surface area contributed by atoms with Crippen molar-refractivity contribution in [2.75, 3.05) is 12.8 Å². The number of hydrogen-bond donors (Lipinski definition) is 2. The number of carbonyl (C=O) groups is 1. The van der Waals surface area contributed by atoms with Crippen LogP contribution in [0.5, 0.6) is 0 Å². The fourth-order valence-corrected chi connectivity index (χ4v) is 1.76. The van der Waals surface area contributed by atoms with E-state index in [4.69, 9.17) is 5.73 Å². The summed E-state index contributed by atoms with van der Waals surface area (Å²) < 4.78 is 0. The van der Waals surface area contributed by atoms with Crippen LogP contribution in [-0.4, -0.2) is 13.0 Å². The molecule has 0 spiro atoms. The molecule has 1 amide bonds. The molecule has 0 saturated heterocycles. The molecule has 0 atom stereocenters. The third-order valence-corrected chi connectivity index (χ3v) is 2.84. The number of amides is 1. The molecule has 80 valence electrons. The molecular formula is C11H14N2O2. The minimum Gasteiger partial charge on any atom is -0.399 e. The maximum Gasteiger partial charge on any atom is 0.254 e. The first kappa shape index (κ1) is 9.98. The molecule has 0 aromatic heterocycles. The number of nitrogens with one attached hydrogen (secondary N) is 1. The largest absolute Gasteiger partial charge is 0.399 e. The summed E-state index contributed by atoms with van der Waals surface area (Å²) in [5, 5.41) is 0. The summed E-state index contributed by atoms with van der Waals surface area (Å²) in [6.07, 6.45) is 1.73. The van der Waals surface area contributed by atoms with Gasteiger partial charge in [0.15, 0.2) is 0 Å². The van der Waals surface area contributed by atoms with Crippen LogP contribution in [0.25, 0.3) is 0 Å². The second-order valence-electron chi connectivity index (χ2n) is 3.84. The number of nitrogens with two attached hydrogens (primary N) is 1. The zero-order valence-corrected chi connectivity index (χ0v) is 8.62. The lowest BCUT2D eigenvalue weighted by Gasteiger charge is -2.14. The molecule has 1 aliphatic rings. The van der Waals surface area contributed by atoms with Gasteiger partial charge in [0.25, 0.3) is 5.91 Å². The molecule has 1 aromatic carbocycles. The van der Waals surface area contributed by atoms with E-state index in [0.29, 0.717) is 5.69 Å². The van der Waals surface area contributed by atoms with E-state index in [-0.39, 0.29) is 11.3 Å². The molecule has 15 heavy (non-hydrogen) atoms. The average molecular weight is 206 g/mol. The van der Waals surface area contributed by atoms with Crippen LogP contribution in [0.4, 0.5) is 5.69 Å². The first-order valence-electron chi connectivity index (χ1n) is 4.88. The summed E-state index contributed by atoms with van der Waals surface area (Å²) in [6, 6.07) is 7.43. The van der Waals surface area contributed by atoms with Crippen LogP contribution < -0.4 is 11.2 Å². The Bertz CT molecular complexity index is 369. The van der Waals surface area contributed by atoms with Gasteiger partial charge in [0.05, 0.1) is 12.5 Å². The maximum absolute atomic E-state index is 11.7. The molecule has 4 nitrogen and oxygen atoms in total. The molecule has 1 aliphatic carbocycles. The number of hydrogen-bond acceptors (Lipinski definition) is 3. The van der Waals surface area contributed by atoms with Gasteiger partial charge < -0.3 is 5.73 Å². The van der Waals surface area contributed by atoms with Gasteiger partial charge >= 0.3 is 0 Å². The number of anilines is 1. The second kappa shape index (κ2) is 3.55. The minimum absolute atomic E-state index is 0.0743. The van der Waals surface area contributed by atoms with Crippen molar-refractivity contribution in [2.45, 2.75) is 18.3 Å². The molecule has 4 heteroatoms. The highest BCUT2D eigenvalue weighted by Gasteiger charge is 2.51. The van der Waals surface area contributed by atoms with E-state index in [2.05, 4.69) is 10.3 Å².